The van der Waals surface area contributed by atoms with Crippen LogP contribution < -0.4 is 5.32 Å². The Bertz CT molecular complexity index is 117. The highest BCUT2D eigenvalue weighted by Gasteiger charge is 2.10. The Balaban J connectivity index is 3.54. The van der Waals surface area contributed by atoms with Gasteiger partial charge in [0.15, 0.2) is 0 Å². The normalized spacial score (nSPS) is 18.2. The van der Waals surface area contributed by atoms with Crippen molar-refractivity contribution < 1.29 is 0 Å². The first-order valence-corrected chi connectivity index (χ1v) is 6.43. The van der Waals surface area contributed by atoms with Crippen LogP contribution in [0.5, 0.6) is 0 Å². The van der Waals surface area contributed by atoms with E-state index in [0.717, 1.165) is 17.0 Å². The molecule has 0 bridgehead atoms. The largest absolute Gasteiger partial charge is 0.314 e. The minimum Gasteiger partial charge on any atom is -0.314 e. The molecule has 0 aliphatic rings. The Kier molecular flexibility index (Phi) is 7.87. The van der Waals surface area contributed by atoms with Gasteiger partial charge in [-0.15, -0.1) is 0 Å². The third-order valence-electron chi connectivity index (χ3n) is 2.28. The van der Waals surface area contributed by atoms with Crippen molar-refractivity contribution in [2.24, 2.45) is 0 Å². The van der Waals surface area contributed by atoms with Gasteiger partial charge in [0.2, 0.25) is 0 Å². The minimum absolute atomic E-state index is 0.663. The summed E-state index contributed by atoms with van der Waals surface area (Å²) in [5, 5.41) is 5.04. The van der Waals surface area contributed by atoms with Gasteiger partial charge in [-0.25, -0.2) is 0 Å². The van der Waals surface area contributed by atoms with Crippen LogP contribution in [0.4, 0.5) is 0 Å². The maximum Gasteiger partial charge on any atom is 0.00490 e. The van der Waals surface area contributed by atoms with E-state index in [9.17, 15) is 0 Å². The zero-order valence-corrected chi connectivity index (χ0v) is 10.6. The van der Waals surface area contributed by atoms with Crippen molar-refractivity contribution in [1.82, 2.24) is 5.32 Å². The van der Waals surface area contributed by atoms with Crippen LogP contribution in [-0.2, 0) is 0 Å². The Labute approximate surface area is 88.1 Å². The Morgan fingerprint density at radius 3 is 2.15 bits per heavy atom. The average molecular weight is 203 g/mol. The molecule has 0 saturated heterocycles. The van der Waals surface area contributed by atoms with Crippen LogP contribution in [0.2, 0.25) is 0 Å². The maximum atomic E-state index is 3.45. The molecule has 2 heteroatoms. The van der Waals surface area contributed by atoms with E-state index in [2.05, 4.69) is 51.7 Å². The monoisotopic (exact) mass is 203 g/mol. The van der Waals surface area contributed by atoms with Crippen LogP contribution in [0.1, 0.15) is 47.5 Å². The van der Waals surface area contributed by atoms with E-state index in [1.807, 2.05) is 0 Å². The lowest BCUT2D eigenvalue weighted by molar-refractivity contribution is 0.529. The van der Waals surface area contributed by atoms with Gasteiger partial charge in [0, 0.05) is 16.5 Å². The molecule has 0 amide bonds. The van der Waals surface area contributed by atoms with Gasteiger partial charge < -0.3 is 5.32 Å². The van der Waals surface area contributed by atoms with Crippen LogP contribution in [0.25, 0.3) is 0 Å². The second-order valence-corrected chi connectivity index (χ2v) is 5.74. The molecule has 0 aromatic carbocycles. The molecular weight excluding hydrogens is 178 g/mol. The Morgan fingerprint density at radius 1 is 1.08 bits per heavy atom. The second-order valence-electron chi connectivity index (χ2n) is 3.86. The van der Waals surface area contributed by atoms with E-state index < -0.39 is 0 Å². The third kappa shape index (κ3) is 7.39. The first-order chi connectivity index (χ1) is 6.10. The summed E-state index contributed by atoms with van der Waals surface area (Å²) >= 11 is 2.11. The standard InChI is InChI=1S/C11H25NS/c1-6-10(4)13-11(5)8-9(3)12-7-2/h9-12H,6-8H2,1-5H3. The Hall–Kier alpha value is 0.310. The third-order valence-corrected chi connectivity index (χ3v) is 3.73. The first-order valence-electron chi connectivity index (χ1n) is 5.48. The fourth-order valence-corrected chi connectivity index (χ4v) is 2.86. The number of hydrogen-bond donors (Lipinski definition) is 1. The van der Waals surface area contributed by atoms with Gasteiger partial charge in [-0.3, -0.25) is 0 Å². The van der Waals surface area contributed by atoms with E-state index >= 15 is 0 Å². The first kappa shape index (κ1) is 13.3. The smallest absolute Gasteiger partial charge is 0.00490 e. The van der Waals surface area contributed by atoms with Gasteiger partial charge in [0.25, 0.3) is 0 Å². The molecule has 0 fully saturated rings. The van der Waals surface area contributed by atoms with Crippen molar-refractivity contribution in [1.29, 1.82) is 0 Å². The summed E-state index contributed by atoms with van der Waals surface area (Å²) < 4.78 is 0. The van der Waals surface area contributed by atoms with Crippen molar-refractivity contribution in [2.45, 2.75) is 64.0 Å². The van der Waals surface area contributed by atoms with Crippen molar-refractivity contribution in [3.05, 3.63) is 0 Å². The molecule has 0 aromatic rings. The van der Waals surface area contributed by atoms with Gasteiger partial charge in [-0.1, -0.05) is 27.7 Å². The zero-order valence-electron chi connectivity index (χ0n) is 9.76. The summed E-state index contributed by atoms with van der Waals surface area (Å²) in [4.78, 5) is 0. The molecule has 0 rings (SSSR count). The summed E-state index contributed by atoms with van der Waals surface area (Å²) in [6.45, 7) is 12.4. The molecule has 0 aliphatic carbocycles. The molecule has 0 radical (unpaired) electrons. The second kappa shape index (κ2) is 7.69. The molecule has 80 valence electrons. The summed E-state index contributed by atoms with van der Waals surface area (Å²) in [5.74, 6) is 0. The lowest BCUT2D eigenvalue weighted by Gasteiger charge is -2.20. The molecule has 1 nitrogen and oxygen atoms in total. The van der Waals surface area contributed by atoms with Gasteiger partial charge in [-0.2, -0.15) is 11.8 Å². The van der Waals surface area contributed by atoms with Crippen LogP contribution in [0, 0.1) is 0 Å². The Morgan fingerprint density at radius 2 is 1.69 bits per heavy atom. The van der Waals surface area contributed by atoms with E-state index in [0.29, 0.717) is 6.04 Å². The molecule has 0 aliphatic heterocycles. The molecule has 0 aromatic heterocycles. The summed E-state index contributed by atoms with van der Waals surface area (Å²) in [7, 11) is 0. The average Bonchev–Trinajstić information content (AvgIpc) is 2.04. The van der Waals surface area contributed by atoms with Crippen molar-refractivity contribution in [3.8, 4) is 0 Å². The predicted octanol–water partition coefficient (Wildman–Crippen LogP) is 3.29. The highest BCUT2D eigenvalue weighted by Crippen LogP contribution is 2.22. The van der Waals surface area contributed by atoms with Gasteiger partial charge in [0.05, 0.1) is 0 Å². The van der Waals surface area contributed by atoms with Crippen molar-refractivity contribution in [2.75, 3.05) is 6.54 Å². The quantitative estimate of drug-likeness (QED) is 0.681. The molecule has 3 atom stereocenters. The molecule has 0 spiro atoms. The van der Waals surface area contributed by atoms with Gasteiger partial charge in [-0.05, 0) is 26.3 Å². The number of thioether (sulfide) groups is 1. The SMILES string of the molecule is CCNC(C)CC(C)SC(C)CC. The van der Waals surface area contributed by atoms with Gasteiger partial charge >= 0.3 is 0 Å². The molecule has 3 unspecified atom stereocenters. The molecule has 0 heterocycles. The number of hydrogen-bond acceptors (Lipinski definition) is 2. The van der Waals surface area contributed by atoms with E-state index in [1.54, 1.807) is 0 Å². The predicted molar refractivity (Wildman–Crippen MR) is 64.6 cm³/mol. The minimum atomic E-state index is 0.663. The summed E-state index contributed by atoms with van der Waals surface area (Å²) in [6, 6.07) is 0.663. The maximum absolute atomic E-state index is 3.45. The highest BCUT2D eigenvalue weighted by atomic mass is 32.2. The highest BCUT2D eigenvalue weighted by molar-refractivity contribution is 8.00. The van der Waals surface area contributed by atoms with Crippen LogP contribution in [0.15, 0.2) is 0 Å². The van der Waals surface area contributed by atoms with Crippen molar-refractivity contribution >= 4 is 11.8 Å². The fraction of sp³-hybridized carbons (Fsp3) is 1.00. The summed E-state index contributed by atoms with van der Waals surface area (Å²) in [6.07, 6.45) is 2.56. The van der Waals surface area contributed by atoms with Crippen LogP contribution in [-0.4, -0.2) is 23.1 Å². The number of nitrogens with one attached hydrogen (secondary N) is 1. The molecular formula is C11H25NS. The van der Waals surface area contributed by atoms with E-state index in [-0.39, 0.29) is 0 Å². The van der Waals surface area contributed by atoms with Crippen LogP contribution in [0.3, 0.4) is 0 Å². The van der Waals surface area contributed by atoms with E-state index in [4.69, 9.17) is 0 Å². The topological polar surface area (TPSA) is 12.0 Å². The summed E-state index contributed by atoms with van der Waals surface area (Å²) in [5.41, 5.74) is 0. The molecule has 1 N–H and O–H groups in total. The van der Waals surface area contributed by atoms with Crippen molar-refractivity contribution in [3.63, 3.8) is 0 Å². The molecule has 0 saturated carbocycles. The zero-order chi connectivity index (χ0) is 10.3. The fourth-order valence-electron chi connectivity index (χ4n) is 1.48. The van der Waals surface area contributed by atoms with Gasteiger partial charge in [0.1, 0.15) is 0 Å². The number of rotatable bonds is 7. The molecule has 13 heavy (non-hydrogen) atoms. The lowest BCUT2D eigenvalue weighted by atomic mass is 10.2. The lowest BCUT2D eigenvalue weighted by Crippen LogP contribution is -2.28. The van der Waals surface area contributed by atoms with Crippen LogP contribution >= 0.6 is 11.8 Å². The van der Waals surface area contributed by atoms with E-state index in [1.165, 1.54) is 12.8 Å².